The molecule has 138 valence electrons. The van der Waals surface area contributed by atoms with Gasteiger partial charge in [-0.1, -0.05) is 33.6 Å². The van der Waals surface area contributed by atoms with Crippen LogP contribution in [0.4, 0.5) is 0 Å². The minimum Gasteiger partial charge on any atom is -0.325 e. The van der Waals surface area contributed by atoms with Gasteiger partial charge in [-0.3, -0.25) is 0 Å². The quantitative estimate of drug-likeness (QED) is 0.534. The van der Waals surface area contributed by atoms with Gasteiger partial charge in [-0.25, -0.2) is 0 Å². The average molecular weight is 334 g/mol. The van der Waals surface area contributed by atoms with E-state index in [0.29, 0.717) is 16.7 Å². The van der Waals surface area contributed by atoms with E-state index in [1.54, 1.807) is 0 Å². The van der Waals surface area contributed by atoms with Crippen LogP contribution in [0.15, 0.2) is 0 Å². The molecule has 3 fully saturated rings. The number of hydrogen-bond donors (Lipinski definition) is 1. The van der Waals surface area contributed by atoms with Gasteiger partial charge in [-0.2, -0.15) is 0 Å². The Labute approximate surface area is 149 Å². The van der Waals surface area contributed by atoms with Gasteiger partial charge in [0.05, 0.1) is 0 Å². The topological polar surface area (TPSA) is 43.1 Å². The molecule has 0 aromatic heterocycles. The van der Waals surface area contributed by atoms with Crippen molar-refractivity contribution in [2.24, 2.45) is 34.3 Å². The Kier molecular flexibility index (Phi) is 5.17. The molecule has 3 aliphatic carbocycles. The summed E-state index contributed by atoms with van der Waals surface area (Å²) in [7, 11) is 0. The summed E-state index contributed by atoms with van der Waals surface area (Å²) >= 11 is 0. The van der Waals surface area contributed by atoms with Gasteiger partial charge in [0, 0.05) is 12.0 Å². The number of hydrogen-bond acceptors (Lipinski definition) is 2. The first-order chi connectivity index (χ1) is 11.3. The van der Waals surface area contributed by atoms with Crippen LogP contribution in [0.3, 0.4) is 0 Å². The standard InChI is InChI=1S/C22H39NO/c1-17(8-5-7-15-24)20(2)13-11-19-21(3)12-6-4-9-18(21)10-14-22(19,23)16-20/h15,17-19H,4-14,16,23H2,1-3H3. The maximum atomic E-state index is 10.6. The number of rotatable bonds is 5. The zero-order valence-corrected chi connectivity index (χ0v) is 16.3. The molecule has 0 spiro atoms. The Balaban J connectivity index is 1.73. The van der Waals surface area contributed by atoms with E-state index < -0.39 is 0 Å². The molecule has 0 saturated heterocycles. The molecule has 0 radical (unpaired) electrons. The van der Waals surface area contributed by atoms with Crippen molar-refractivity contribution in [3.63, 3.8) is 0 Å². The normalized spacial score (nSPS) is 46.7. The largest absolute Gasteiger partial charge is 0.325 e. The van der Waals surface area contributed by atoms with E-state index in [0.717, 1.165) is 31.0 Å². The fourth-order valence-electron chi connectivity index (χ4n) is 7.06. The molecule has 24 heavy (non-hydrogen) atoms. The molecule has 2 heteroatoms. The lowest BCUT2D eigenvalue weighted by molar-refractivity contribution is -0.108. The SMILES string of the molecule is CC(CCCC=O)C1(C)CCC2C(N)(CCC3CCCCC32C)C1. The van der Waals surface area contributed by atoms with Gasteiger partial charge in [0.25, 0.3) is 0 Å². The Morgan fingerprint density at radius 3 is 2.67 bits per heavy atom. The second kappa shape index (κ2) is 6.74. The van der Waals surface area contributed by atoms with Crippen LogP contribution in [0.1, 0.15) is 97.8 Å². The lowest BCUT2D eigenvalue weighted by atomic mass is 9.44. The molecule has 2 N–H and O–H groups in total. The van der Waals surface area contributed by atoms with Crippen molar-refractivity contribution >= 4 is 6.29 Å². The van der Waals surface area contributed by atoms with Crippen LogP contribution in [0.5, 0.6) is 0 Å². The Morgan fingerprint density at radius 2 is 1.92 bits per heavy atom. The molecule has 2 nitrogen and oxygen atoms in total. The predicted molar refractivity (Wildman–Crippen MR) is 101 cm³/mol. The van der Waals surface area contributed by atoms with Crippen molar-refractivity contribution in [3.8, 4) is 0 Å². The number of fused-ring (bicyclic) bond motifs is 3. The van der Waals surface area contributed by atoms with Gasteiger partial charge in [0.15, 0.2) is 0 Å². The lowest BCUT2D eigenvalue weighted by Gasteiger charge is -2.63. The van der Waals surface area contributed by atoms with Crippen LogP contribution in [0.25, 0.3) is 0 Å². The van der Waals surface area contributed by atoms with Crippen LogP contribution < -0.4 is 5.73 Å². The number of carbonyl (C=O) groups excluding carboxylic acids is 1. The van der Waals surface area contributed by atoms with E-state index in [9.17, 15) is 4.79 Å². The van der Waals surface area contributed by atoms with E-state index in [-0.39, 0.29) is 5.54 Å². The fourth-order valence-corrected chi connectivity index (χ4v) is 7.06. The number of carbonyl (C=O) groups is 1. The summed E-state index contributed by atoms with van der Waals surface area (Å²) in [6, 6.07) is 0. The molecule has 0 bridgehead atoms. The maximum absolute atomic E-state index is 10.6. The molecule has 3 aliphatic rings. The fraction of sp³-hybridized carbons (Fsp3) is 0.955. The van der Waals surface area contributed by atoms with E-state index >= 15 is 0 Å². The molecule has 3 saturated carbocycles. The van der Waals surface area contributed by atoms with E-state index in [1.165, 1.54) is 64.2 Å². The molecule has 3 rings (SSSR count). The third kappa shape index (κ3) is 3.08. The first-order valence-electron chi connectivity index (χ1n) is 10.6. The second-order valence-corrected chi connectivity index (χ2v) is 10.1. The van der Waals surface area contributed by atoms with Crippen LogP contribution in [-0.4, -0.2) is 11.8 Å². The summed E-state index contributed by atoms with van der Waals surface area (Å²) in [5, 5.41) is 0. The van der Waals surface area contributed by atoms with Gasteiger partial charge in [-0.05, 0) is 86.4 Å². The van der Waals surface area contributed by atoms with Gasteiger partial charge < -0.3 is 10.5 Å². The van der Waals surface area contributed by atoms with Gasteiger partial charge in [0.2, 0.25) is 0 Å². The highest BCUT2D eigenvalue weighted by Gasteiger charge is 2.58. The summed E-state index contributed by atoms with van der Waals surface area (Å²) in [5.41, 5.74) is 8.11. The summed E-state index contributed by atoms with van der Waals surface area (Å²) in [6.45, 7) is 7.47. The van der Waals surface area contributed by atoms with Gasteiger partial charge in [-0.15, -0.1) is 0 Å². The molecule has 0 amide bonds. The predicted octanol–water partition coefficient (Wildman–Crippen LogP) is 5.49. The summed E-state index contributed by atoms with van der Waals surface area (Å²) in [6.07, 6.45) is 16.2. The van der Waals surface area contributed by atoms with Crippen molar-refractivity contribution in [1.82, 2.24) is 0 Å². The van der Waals surface area contributed by atoms with Crippen molar-refractivity contribution in [3.05, 3.63) is 0 Å². The van der Waals surface area contributed by atoms with Crippen LogP contribution in [-0.2, 0) is 4.79 Å². The zero-order chi connectivity index (χ0) is 17.4. The van der Waals surface area contributed by atoms with Crippen molar-refractivity contribution in [2.75, 3.05) is 0 Å². The molecular formula is C22H39NO. The molecule has 0 aromatic carbocycles. The van der Waals surface area contributed by atoms with Gasteiger partial charge in [0.1, 0.15) is 6.29 Å². The van der Waals surface area contributed by atoms with Crippen LogP contribution in [0, 0.1) is 28.6 Å². The first-order valence-corrected chi connectivity index (χ1v) is 10.6. The van der Waals surface area contributed by atoms with E-state index in [4.69, 9.17) is 5.73 Å². The number of nitrogens with two attached hydrogens (primary N) is 1. The molecular weight excluding hydrogens is 294 g/mol. The Morgan fingerprint density at radius 1 is 1.12 bits per heavy atom. The highest BCUT2D eigenvalue weighted by atomic mass is 16.1. The Hall–Kier alpha value is -0.370. The molecule has 0 aromatic rings. The smallest absolute Gasteiger partial charge is 0.119 e. The highest BCUT2D eigenvalue weighted by Crippen LogP contribution is 2.63. The highest BCUT2D eigenvalue weighted by molar-refractivity contribution is 5.48. The number of unbranched alkanes of at least 4 members (excludes halogenated alkanes) is 1. The maximum Gasteiger partial charge on any atom is 0.119 e. The van der Waals surface area contributed by atoms with Crippen molar-refractivity contribution < 1.29 is 4.79 Å². The zero-order valence-electron chi connectivity index (χ0n) is 16.3. The van der Waals surface area contributed by atoms with Crippen molar-refractivity contribution in [1.29, 1.82) is 0 Å². The van der Waals surface area contributed by atoms with Crippen LogP contribution in [0.2, 0.25) is 0 Å². The van der Waals surface area contributed by atoms with Gasteiger partial charge >= 0.3 is 0 Å². The molecule has 6 atom stereocenters. The monoisotopic (exact) mass is 333 g/mol. The summed E-state index contributed by atoms with van der Waals surface area (Å²) in [5.74, 6) is 2.34. The minimum absolute atomic E-state index is 0.0640. The summed E-state index contributed by atoms with van der Waals surface area (Å²) < 4.78 is 0. The molecule has 6 unspecified atom stereocenters. The Bertz CT molecular complexity index is 463. The third-order valence-electron chi connectivity index (χ3n) is 8.78. The number of aldehydes is 1. The van der Waals surface area contributed by atoms with Crippen LogP contribution >= 0.6 is 0 Å². The second-order valence-electron chi connectivity index (χ2n) is 10.1. The van der Waals surface area contributed by atoms with E-state index in [2.05, 4.69) is 20.8 Å². The third-order valence-corrected chi connectivity index (χ3v) is 8.78. The van der Waals surface area contributed by atoms with E-state index in [1.807, 2.05) is 0 Å². The molecule has 0 heterocycles. The lowest BCUT2D eigenvalue weighted by Crippen LogP contribution is -2.64. The first kappa shape index (κ1) is 18.4. The van der Waals surface area contributed by atoms with Crippen molar-refractivity contribution in [2.45, 2.75) is 103 Å². The summed E-state index contributed by atoms with van der Waals surface area (Å²) in [4.78, 5) is 10.6. The molecule has 0 aliphatic heterocycles. The minimum atomic E-state index is 0.0640. The average Bonchev–Trinajstić information content (AvgIpc) is 2.53.